The average molecular weight is 534 g/mol. The predicted molar refractivity (Wildman–Crippen MR) is 144 cm³/mol. The lowest BCUT2D eigenvalue weighted by Crippen LogP contribution is -2.35. The molecule has 0 aliphatic rings. The van der Waals surface area contributed by atoms with Gasteiger partial charge in [-0.1, -0.05) is 0 Å². The minimum atomic E-state index is -0.625. The van der Waals surface area contributed by atoms with Gasteiger partial charge in [0.05, 0.1) is 18.3 Å². The summed E-state index contributed by atoms with van der Waals surface area (Å²) in [5.41, 5.74) is 8.79. The average Bonchev–Trinajstić information content (AvgIpc) is 3.49. The summed E-state index contributed by atoms with van der Waals surface area (Å²) in [7, 11) is 1.48. The molecule has 13 nitrogen and oxygen atoms in total. The molecule has 0 atom stereocenters. The molecule has 0 unspecified atom stereocenters. The van der Waals surface area contributed by atoms with Crippen LogP contribution in [0.15, 0.2) is 42.7 Å². The Kier molecular flexibility index (Phi) is 8.39. The van der Waals surface area contributed by atoms with E-state index in [9.17, 15) is 14.4 Å². The van der Waals surface area contributed by atoms with Gasteiger partial charge in [0.2, 0.25) is 11.9 Å². The fourth-order valence-electron chi connectivity index (χ4n) is 4.16. The monoisotopic (exact) mass is 533 g/mol. The van der Waals surface area contributed by atoms with Crippen molar-refractivity contribution in [3.63, 3.8) is 0 Å². The number of nitrogens with zero attached hydrogens (tertiary/aromatic N) is 5. The summed E-state index contributed by atoms with van der Waals surface area (Å²) in [4.78, 5) is 45.8. The van der Waals surface area contributed by atoms with Gasteiger partial charge in [0.15, 0.2) is 0 Å². The first-order chi connectivity index (χ1) is 18.8. The molecule has 0 radical (unpaired) electrons. The van der Waals surface area contributed by atoms with Crippen LogP contribution in [0, 0.1) is 6.92 Å². The van der Waals surface area contributed by atoms with Gasteiger partial charge in [-0.3, -0.25) is 24.6 Å². The highest BCUT2D eigenvalue weighted by Crippen LogP contribution is 2.31. The van der Waals surface area contributed by atoms with E-state index in [1.54, 1.807) is 33.8 Å². The molecule has 204 valence electrons. The van der Waals surface area contributed by atoms with Gasteiger partial charge in [0.1, 0.15) is 17.0 Å². The number of primary amides is 1. The Morgan fingerprint density at radius 3 is 2.56 bits per heavy atom. The van der Waals surface area contributed by atoms with E-state index < -0.39 is 5.91 Å². The summed E-state index contributed by atoms with van der Waals surface area (Å²) < 4.78 is 8.93. The molecule has 0 saturated heterocycles. The summed E-state index contributed by atoms with van der Waals surface area (Å²) in [6, 6.07) is 8.14. The van der Waals surface area contributed by atoms with Crippen LogP contribution in [0.5, 0.6) is 5.75 Å². The SMILES string of the molecule is CCn1nc(C)cc1C(=O)Nc1nc2cc(C(N)=O)cc(OC)c2n1CCCNC(=O)NCc1ccncc1. The summed E-state index contributed by atoms with van der Waals surface area (Å²) >= 11 is 0. The van der Waals surface area contributed by atoms with Crippen LogP contribution in [-0.2, 0) is 19.6 Å². The van der Waals surface area contributed by atoms with Gasteiger partial charge in [0, 0.05) is 44.1 Å². The number of amides is 4. The van der Waals surface area contributed by atoms with Gasteiger partial charge >= 0.3 is 6.03 Å². The minimum absolute atomic E-state index is 0.231. The van der Waals surface area contributed by atoms with E-state index in [0.29, 0.717) is 55.1 Å². The number of urea groups is 1. The predicted octanol–water partition coefficient (Wildman–Crippen LogP) is 2.21. The zero-order valence-corrected chi connectivity index (χ0v) is 22.0. The maximum absolute atomic E-state index is 13.2. The molecule has 4 aromatic rings. The molecule has 1 aromatic carbocycles. The van der Waals surface area contributed by atoms with Crippen LogP contribution in [0.25, 0.3) is 11.0 Å². The Balaban J connectivity index is 1.53. The van der Waals surface area contributed by atoms with Crippen LogP contribution in [0.3, 0.4) is 0 Å². The Morgan fingerprint density at radius 2 is 1.87 bits per heavy atom. The highest BCUT2D eigenvalue weighted by molar-refractivity contribution is 6.04. The minimum Gasteiger partial charge on any atom is -0.494 e. The number of rotatable bonds is 11. The van der Waals surface area contributed by atoms with E-state index in [0.717, 1.165) is 11.3 Å². The van der Waals surface area contributed by atoms with Gasteiger partial charge in [-0.15, -0.1) is 0 Å². The number of nitrogens with two attached hydrogens (primary N) is 1. The standard InChI is InChI=1S/C26H31N9O4/c1-4-35-20(12-16(2)33-35)24(37)32-25-31-19-13-18(23(27)36)14-21(39-3)22(19)34(25)11-5-8-29-26(38)30-15-17-6-9-28-10-7-17/h6-7,9-10,12-14H,4-5,8,11,15H2,1-3H3,(H2,27,36)(H2,29,30,38)(H,31,32,37). The molecule has 3 aromatic heterocycles. The van der Waals surface area contributed by atoms with E-state index in [1.165, 1.54) is 13.2 Å². The first-order valence-corrected chi connectivity index (χ1v) is 12.4. The second kappa shape index (κ2) is 12.1. The molecule has 39 heavy (non-hydrogen) atoms. The number of hydrogen-bond donors (Lipinski definition) is 4. The lowest BCUT2D eigenvalue weighted by atomic mass is 10.1. The third kappa shape index (κ3) is 6.32. The number of carbonyl (C=O) groups is 3. The number of pyridine rings is 1. The van der Waals surface area contributed by atoms with Crippen molar-refractivity contribution in [2.24, 2.45) is 5.73 Å². The molecule has 13 heteroatoms. The number of fused-ring (bicyclic) bond motifs is 1. The first-order valence-electron chi connectivity index (χ1n) is 12.4. The topological polar surface area (TPSA) is 171 Å². The fourth-order valence-corrected chi connectivity index (χ4v) is 4.16. The van der Waals surface area contributed by atoms with Crippen molar-refractivity contribution in [3.8, 4) is 5.75 Å². The van der Waals surface area contributed by atoms with Crippen LogP contribution in [0.2, 0.25) is 0 Å². The maximum Gasteiger partial charge on any atom is 0.315 e. The number of hydrogen-bond acceptors (Lipinski definition) is 7. The number of aromatic nitrogens is 5. The van der Waals surface area contributed by atoms with E-state index in [-0.39, 0.29) is 23.5 Å². The quantitative estimate of drug-likeness (QED) is 0.214. The molecule has 5 N–H and O–H groups in total. The largest absolute Gasteiger partial charge is 0.494 e. The first kappa shape index (κ1) is 27.1. The number of carbonyl (C=O) groups excluding carboxylic acids is 3. The summed E-state index contributed by atoms with van der Waals surface area (Å²) in [6.07, 6.45) is 3.85. The summed E-state index contributed by atoms with van der Waals surface area (Å²) in [6.45, 7) is 5.36. The zero-order valence-electron chi connectivity index (χ0n) is 22.0. The number of methoxy groups -OCH3 is 1. The molecule has 0 saturated carbocycles. The molecule has 0 aliphatic heterocycles. The van der Waals surface area contributed by atoms with E-state index in [2.05, 4.69) is 31.0 Å². The fraction of sp³-hybridized carbons (Fsp3) is 0.308. The normalized spacial score (nSPS) is 10.8. The molecular formula is C26H31N9O4. The Hall–Kier alpha value is -4.94. The molecule has 4 rings (SSSR count). The number of aryl methyl sites for hydroxylation is 3. The van der Waals surface area contributed by atoms with E-state index in [1.807, 2.05) is 26.0 Å². The molecule has 0 bridgehead atoms. The molecule has 0 fully saturated rings. The second-order valence-corrected chi connectivity index (χ2v) is 8.76. The van der Waals surface area contributed by atoms with Crippen LogP contribution in [0.4, 0.5) is 10.7 Å². The number of benzene rings is 1. The van der Waals surface area contributed by atoms with Crippen molar-refractivity contribution in [1.29, 1.82) is 0 Å². The lowest BCUT2D eigenvalue weighted by molar-refractivity contribution is 0.0995. The van der Waals surface area contributed by atoms with Gasteiger partial charge in [-0.2, -0.15) is 5.10 Å². The van der Waals surface area contributed by atoms with Gasteiger partial charge in [0.25, 0.3) is 5.91 Å². The zero-order chi connectivity index (χ0) is 27.9. The van der Waals surface area contributed by atoms with Crippen molar-refractivity contribution in [2.45, 2.75) is 39.9 Å². The Morgan fingerprint density at radius 1 is 1.10 bits per heavy atom. The van der Waals surface area contributed by atoms with Crippen molar-refractivity contribution in [1.82, 2.24) is 34.9 Å². The Labute approximate surface area is 224 Å². The van der Waals surface area contributed by atoms with E-state index in [4.69, 9.17) is 10.5 Å². The van der Waals surface area contributed by atoms with Gasteiger partial charge < -0.3 is 25.7 Å². The molecule has 3 heterocycles. The smallest absolute Gasteiger partial charge is 0.315 e. The number of nitrogens with one attached hydrogen (secondary N) is 3. The summed E-state index contributed by atoms with van der Waals surface area (Å²) in [5.74, 6) is -0.360. The van der Waals surface area contributed by atoms with Crippen LogP contribution in [0.1, 0.15) is 45.4 Å². The number of imidazole rings is 1. The molecule has 0 aliphatic carbocycles. The van der Waals surface area contributed by atoms with Crippen LogP contribution in [-0.4, -0.2) is 55.8 Å². The van der Waals surface area contributed by atoms with Crippen LogP contribution >= 0.6 is 0 Å². The third-order valence-electron chi connectivity index (χ3n) is 6.02. The van der Waals surface area contributed by atoms with Crippen molar-refractivity contribution < 1.29 is 19.1 Å². The number of anilines is 1. The van der Waals surface area contributed by atoms with Gasteiger partial charge in [-0.05, 0) is 56.2 Å². The van der Waals surface area contributed by atoms with Crippen molar-refractivity contribution >= 4 is 34.8 Å². The second-order valence-electron chi connectivity index (χ2n) is 8.76. The molecular weight excluding hydrogens is 502 g/mol. The highest BCUT2D eigenvalue weighted by atomic mass is 16.5. The van der Waals surface area contributed by atoms with E-state index >= 15 is 0 Å². The number of ether oxygens (including phenoxy) is 1. The van der Waals surface area contributed by atoms with Crippen molar-refractivity contribution in [2.75, 3.05) is 19.0 Å². The summed E-state index contributed by atoms with van der Waals surface area (Å²) in [5, 5.41) is 12.8. The third-order valence-corrected chi connectivity index (χ3v) is 6.02. The Bertz CT molecular complexity index is 1490. The van der Waals surface area contributed by atoms with Crippen LogP contribution < -0.4 is 26.4 Å². The van der Waals surface area contributed by atoms with Gasteiger partial charge in [-0.25, -0.2) is 9.78 Å². The highest BCUT2D eigenvalue weighted by Gasteiger charge is 2.21. The maximum atomic E-state index is 13.2. The van der Waals surface area contributed by atoms with Crippen molar-refractivity contribution in [3.05, 3.63) is 65.2 Å². The lowest BCUT2D eigenvalue weighted by Gasteiger charge is -2.13. The molecule has 0 spiro atoms. The molecule has 4 amide bonds.